The Kier molecular flexibility index (Phi) is 5.21. The van der Waals surface area contributed by atoms with Crippen LogP contribution in [-0.4, -0.2) is 28.7 Å². The van der Waals surface area contributed by atoms with Gasteiger partial charge in [-0.2, -0.15) is 0 Å². The van der Waals surface area contributed by atoms with Crippen molar-refractivity contribution >= 4 is 23.8 Å². The summed E-state index contributed by atoms with van der Waals surface area (Å²) in [7, 11) is 1.81. The molecule has 0 saturated heterocycles. The monoisotopic (exact) mass is 270 g/mol. The van der Waals surface area contributed by atoms with Crippen LogP contribution < -0.4 is 9.67 Å². The molecule has 0 radical (unpaired) electrons. The van der Waals surface area contributed by atoms with Gasteiger partial charge in [-0.25, -0.2) is 4.57 Å². The first-order valence-electron chi connectivity index (χ1n) is 5.53. The molecule has 1 rings (SSSR count). The zero-order valence-corrected chi connectivity index (χ0v) is 12.0. The van der Waals surface area contributed by atoms with Crippen molar-refractivity contribution in [3.05, 3.63) is 12.2 Å². The van der Waals surface area contributed by atoms with Crippen LogP contribution >= 0.6 is 11.8 Å². The van der Waals surface area contributed by atoms with Gasteiger partial charge in [-0.15, -0.1) is 4.68 Å². The Morgan fingerprint density at radius 2 is 2.33 bits per heavy atom. The second-order valence-corrected chi connectivity index (χ2v) is 4.54. The number of nitrogens with zero attached hydrogens (tertiary/aromatic N) is 4. The quantitative estimate of drug-likeness (QED) is 0.255. The van der Waals surface area contributed by atoms with Crippen LogP contribution in [0, 0.1) is 0 Å². The molecule has 1 aromatic heterocycles. The summed E-state index contributed by atoms with van der Waals surface area (Å²) in [6.07, 6.45) is 1.32. The molecule has 0 amide bonds. The van der Waals surface area contributed by atoms with E-state index in [9.17, 15) is 5.11 Å². The van der Waals surface area contributed by atoms with E-state index < -0.39 is 6.08 Å². The van der Waals surface area contributed by atoms with Crippen molar-refractivity contribution in [3.8, 4) is 0 Å². The minimum atomic E-state index is -0.626. The molecule has 7 heteroatoms. The van der Waals surface area contributed by atoms with Crippen molar-refractivity contribution in [2.24, 2.45) is 12.0 Å². The third-order valence-electron chi connectivity index (χ3n) is 2.06. The number of hydrogen-bond acceptors (Lipinski definition) is 5. The molecule has 0 N–H and O–H groups in total. The summed E-state index contributed by atoms with van der Waals surface area (Å²) >= 11 is 1.54. The Morgan fingerprint density at radius 1 is 1.67 bits per heavy atom. The number of allylic oxidation sites excluding steroid dienone is 1. The van der Waals surface area contributed by atoms with Crippen molar-refractivity contribution in [2.75, 3.05) is 12.9 Å². The first kappa shape index (κ1) is 14.6. The van der Waals surface area contributed by atoms with Gasteiger partial charge in [0.2, 0.25) is 6.08 Å². The van der Waals surface area contributed by atoms with Crippen LogP contribution in [0.1, 0.15) is 13.8 Å². The number of aryl methyl sites for hydroxylation is 1. The van der Waals surface area contributed by atoms with Gasteiger partial charge in [-0.1, -0.05) is 30.3 Å². The van der Waals surface area contributed by atoms with Crippen molar-refractivity contribution in [1.82, 2.24) is 9.78 Å². The van der Waals surface area contributed by atoms with Crippen LogP contribution in [0.25, 0.3) is 0 Å². The molecule has 0 aliphatic heterocycles. The number of thioether (sulfide) groups is 1. The van der Waals surface area contributed by atoms with E-state index >= 15 is 0 Å². The lowest BCUT2D eigenvalue weighted by molar-refractivity contribution is -0.714. The lowest BCUT2D eigenvalue weighted by atomic mass is 10.3. The molecule has 18 heavy (non-hydrogen) atoms. The smallest absolute Gasteiger partial charge is 0.417 e. The highest BCUT2D eigenvalue weighted by molar-refractivity contribution is 7.98. The molecule has 0 aromatic carbocycles. The topological polar surface area (TPSA) is 66.3 Å². The Morgan fingerprint density at radius 3 is 2.83 bits per heavy atom. The third-order valence-corrected chi connectivity index (χ3v) is 2.91. The molecule has 0 aliphatic carbocycles. The van der Waals surface area contributed by atoms with Gasteiger partial charge in [0.05, 0.1) is 13.6 Å². The second kappa shape index (κ2) is 6.44. The fourth-order valence-electron chi connectivity index (χ4n) is 1.46. The largest absolute Gasteiger partial charge is 0.591 e. The van der Waals surface area contributed by atoms with Crippen LogP contribution in [0.5, 0.6) is 0 Å². The third kappa shape index (κ3) is 3.49. The normalized spacial score (nSPS) is 11.7. The summed E-state index contributed by atoms with van der Waals surface area (Å²) in [6.45, 7) is 8.39. The van der Waals surface area contributed by atoms with Gasteiger partial charge in [0, 0.05) is 5.10 Å². The van der Waals surface area contributed by atoms with Crippen LogP contribution in [-0.2, 0) is 18.3 Å². The molecular formula is C11H18N4O2S. The van der Waals surface area contributed by atoms with E-state index in [1.165, 1.54) is 11.8 Å². The number of ether oxygens (including phenoxy) is 1. The molecule has 0 fully saturated rings. The first-order chi connectivity index (χ1) is 8.49. The van der Waals surface area contributed by atoms with Crippen molar-refractivity contribution in [3.63, 3.8) is 0 Å². The molecule has 0 unspecified atom stereocenters. The summed E-state index contributed by atoms with van der Waals surface area (Å²) in [5, 5.41) is 16.5. The van der Waals surface area contributed by atoms with Crippen molar-refractivity contribution in [2.45, 2.75) is 25.5 Å². The maximum Gasteiger partial charge on any atom is 0.417 e. The molecule has 100 valence electrons. The van der Waals surface area contributed by atoms with Gasteiger partial charge < -0.3 is 9.84 Å². The molecule has 1 aromatic rings. The number of rotatable bonds is 5. The van der Waals surface area contributed by atoms with E-state index in [4.69, 9.17) is 4.74 Å². The maximum atomic E-state index is 11.4. The predicted molar refractivity (Wildman–Crippen MR) is 68.7 cm³/mol. The molecule has 0 aliphatic rings. The number of hydrogen-bond donors (Lipinski definition) is 0. The van der Waals surface area contributed by atoms with E-state index in [1.807, 2.05) is 24.8 Å². The van der Waals surface area contributed by atoms with E-state index in [1.54, 1.807) is 11.6 Å². The fourth-order valence-corrected chi connectivity index (χ4v) is 2.13. The second-order valence-electron chi connectivity index (χ2n) is 3.76. The highest BCUT2D eigenvalue weighted by atomic mass is 32.2. The Hall–Kier alpha value is -1.50. The maximum absolute atomic E-state index is 11.4. The lowest BCUT2D eigenvalue weighted by Crippen LogP contribution is -2.36. The van der Waals surface area contributed by atoms with Gasteiger partial charge in [-0.3, -0.25) is 0 Å². The zero-order valence-electron chi connectivity index (χ0n) is 11.1. The Bertz CT molecular complexity index is 468. The average Bonchev–Trinajstić information content (AvgIpc) is 2.54. The van der Waals surface area contributed by atoms with E-state index in [2.05, 4.69) is 16.7 Å². The summed E-state index contributed by atoms with van der Waals surface area (Å²) in [4.78, 5) is 3.85. The molecule has 1 heterocycles. The van der Waals surface area contributed by atoms with Gasteiger partial charge in [0.1, 0.15) is 0 Å². The van der Waals surface area contributed by atoms with Gasteiger partial charge in [-0.05, 0) is 25.4 Å². The highest BCUT2D eigenvalue weighted by Crippen LogP contribution is 2.14. The molecule has 0 atom stereocenters. The van der Waals surface area contributed by atoms with Crippen molar-refractivity contribution < 1.29 is 14.4 Å². The van der Waals surface area contributed by atoms with Gasteiger partial charge in [0.15, 0.2) is 0 Å². The minimum Gasteiger partial charge on any atom is -0.591 e. The lowest BCUT2D eigenvalue weighted by Gasteiger charge is -2.06. The standard InChI is InChI=1S/C11H18N4O2S/c1-6-17-10(16)12-9-13-14(4)11(18-5)15(9)7-8(2)3/h2,6-7H2,1,3-5H3. The fraction of sp³-hybridized carbons (Fsp3) is 0.545. The summed E-state index contributed by atoms with van der Waals surface area (Å²) < 4.78 is 8.31. The van der Waals surface area contributed by atoms with Crippen LogP contribution in [0.3, 0.4) is 0 Å². The van der Waals surface area contributed by atoms with Crippen LogP contribution in [0.4, 0.5) is 5.95 Å². The van der Waals surface area contributed by atoms with E-state index in [-0.39, 0.29) is 0 Å². The van der Waals surface area contributed by atoms with E-state index in [0.29, 0.717) is 19.1 Å². The van der Waals surface area contributed by atoms with Gasteiger partial charge >= 0.3 is 5.95 Å². The Balaban J connectivity index is 3.18. The molecule has 0 bridgehead atoms. The Labute approximate surface area is 111 Å². The zero-order chi connectivity index (χ0) is 13.7. The first-order valence-corrected chi connectivity index (χ1v) is 6.75. The SMILES string of the molecule is C=C(C)C[n+]1c(/N=C(\[O-])OCC)nn(C)c1SC. The van der Waals surface area contributed by atoms with E-state index in [0.717, 1.165) is 10.7 Å². The molecular weight excluding hydrogens is 252 g/mol. The number of aromatic nitrogens is 3. The molecule has 6 nitrogen and oxygen atoms in total. The minimum absolute atomic E-state index is 0.297. The summed E-state index contributed by atoms with van der Waals surface area (Å²) in [5.74, 6) is 0.336. The van der Waals surface area contributed by atoms with Crippen LogP contribution in [0.2, 0.25) is 0 Å². The predicted octanol–water partition coefficient (Wildman–Crippen LogP) is 0.390. The average molecular weight is 270 g/mol. The molecule has 0 spiro atoms. The van der Waals surface area contributed by atoms with Gasteiger partial charge in [0.25, 0.3) is 5.16 Å². The summed E-state index contributed by atoms with van der Waals surface area (Å²) in [5.41, 5.74) is 0.962. The number of aliphatic imine (C=N–C) groups is 1. The summed E-state index contributed by atoms with van der Waals surface area (Å²) in [6, 6.07) is 0. The van der Waals surface area contributed by atoms with Crippen LogP contribution in [0.15, 0.2) is 22.3 Å². The van der Waals surface area contributed by atoms with Crippen molar-refractivity contribution in [1.29, 1.82) is 0 Å². The molecule has 0 saturated carbocycles. The highest BCUT2D eigenvalue weighted by Gasteiger charge is 2.21.